The summed E-state index contributed by atoms with van der Waals surface area (Å²) in [6, 6.07) is 5.06. The van der Waals surface area contributed by atoms with E-state index in [9.17, 15) is 9.59 Å². The maximum atomic E-state index is 11.9. The third-order valence-corrected chi connectivity index (χ3v) is 3.38. The van der Waals surface area contributed by atoms with Crippen molar-refractivity contribution in [1.29, 1.82) is 0 Å². The molecule has 0 bridgehead atoms. The zero-order valence-corrected chi connectivity index (χ0v) is 13.4. The molecular formula is C16H20N4O3. The summed E-state index contributed by atoms with van der Waals surface area (Å²) in [5, 5.41) is 5.41. The smallest absolute Gasteiger partial charge is 0.315 e. The van der Waals surface area contributed by atoms with Gasteiger partial charge in [-0.25, -0.2) is 9.78 Å². The molecular weight excluding hydrogens is 296 g/mol. The minimum Gasteiger partial charge on any atom is -0.481 e. The molecule has 7 nitrogen and oxygen atoms in total. The number of carbonyl (C=O) groups is 1. The Hall–Kier alpha value is -2.83. The summed E-state index contributed by atoms with van der Waals surface area (Å²) in [4.78, 5) is 30.5. The van der Waals surface area contributed by atoms with Crippen LogP contribution in [0, 0.1) is 13.8 Å². The van der Waals surface area contributed by atoms with Crippen molar-refractivity contribution >= 4 is 6.03 Å². The number of hydrogen-bond acceptors (Lipinski definition) is 4. The van der Waals surface area contributed by atoms with Crippen LogP contribution in [0.3, 0.4) is 0 Å². The number of H-pyrrole nitrogens is 1. The topological polar surface area (TPSA) is 96.1 Å². The number of urea groups is 1. The Morgan fingerprint density at radius 2 is 2.00 bits per heavy atom. The molecule has 2 heterocycles. The molecule has 0 spiro atoms. The predicted octanol–water partition coefficient (Wildman–Crippen LogP) is 1.39. The minimum absolute atomic E-state index is 0.174. The number of amides is 2. The lowest BCUT2D eigenvalue weighted by molar-refractivity contribution is 0.240. The molecule has 0 saturated heterocycles. The number of pyridine rings is 2. The summed E-state index contributed by atoms with van der Waals surface area (Å²) in [6.07, 6.45) is 1.61. The Bertz CT molecular complexity index is 755. The summed E-state index contributed by atoms with van der Waals surface area (Å²) in [7, 11) is 1.54. The highest BCUT2D eigenvalue weighted by molar-refractivity contribution is 5.73. The van der Waals surface area contributed by atoms with E-state index >= 15 is 0 Å². The van der Waals surface area contributed by atoms with Gasteiger partial charge in [0.2, 0.25) is 5.88 Å². The van der Waals surface area contributed by atoms with Crippen molar-refractivity contribution in [3.63, 3.8) is 0 Å². The number of methoxy groups -OCH3 is 1. The highest BCUT2D eigenvalue weighted by Gasteiger charge is 2.07. The van der Waals surface area contributed by atoms with Crippen LogP contribution in [0.4, 0.5) is 4.79 Å². The normalized spacial score (nSPS) is 10.2. The molecule has 0 saturated carbocycles. The van der Waals surface area contributed by atoms with Gasteiger partial charge < -0.3 is 20.4 Å². The summed E-state index contributed by atoms with van der Waals surface area (Å²) in [5.74, 6) is 0.492. The van der Waals surface area contributed by atoms with Crippen molar-refractivity contribution in [3.05, 3.63) is 57.1 Å². The second kappa shape index (κ2) is 7.44. The van der Waals surface area contributed by atoms with Gasteiger partial charge in [0, 0.05) is 30.1 Å². The van der Waals surface area contributed by atoms with Gasteiger partial charge in [0.1, 0.15) is 0 Å². The average Bonchev–Trinajstić information content (AvgIpc) is 2.52. The number of aromatic nitrogens is 2. The second-order valence-corrected chi connectivity index (χ2v) is 5.19. The molecule has 0 aliphatic rings. The number of nitrogens with one attached hydrogen (secondary N) is 3. The lowest BCUT2D eigenvalue weighted by atomic mass is 10.1. The molecule has 0 aliphatic carbocycles. The van der Waals surface area contributed by atoms with E-state index < -0.39 is 0 Å². The average molecular weight is 316 g/mol. The number of nitrogens with zero attached hydrogens (tertiary/aromatic N) is 1. The predicted molar refractivity (Wildman–Crippen MR) is 86.4 cm³/mol. The fraction of sp³-hybridized carbons (Fsp3) is 0.312. The molecule has 122 valence electrons. The Kier molecular flexibility index (Phi) is 5.35. The molecule has 2 amide bonds. The number of aromatic amines is 1. The zero-order valence-electron chi connectivity index (χ0n) is 13.4. The maximum absolute atomic E-state index is 11.9. The Balaban J connectivity index is 1.89. The van der Waals surface area contributed by atoms with Crippen LogP contribution in [-0.4, -0.2) is 23.1 Å². The molecule has 0 radical (unpaired) electrons. The fourth-order valence-corrected chi connectivity index (χ4v) is 2.19. The molecule has 0 aliphatic heterocycles. The van der Waals surface area contributed by atoms with Crippen LogP contribution >= 0.6 is 0 Å². The van der Waals surface area contributed by atoms with Crippen molar-refractivity contribution in [2.75, 3.05) is 7.11 Å². The van der Waals surface area contributed by atoms with Crippen molar-refractivity contribution in [1.82, 2.24) is 20.6 Å². The van der Waals surface area contributed by atoms with Gasteiger partial charge in [0.25, 0.3) is 5.56 Å². The van der Waals surface area contributed by atoms with Gasteiger partial charge in [-0.3, -0.25) is 4.79 Å². The van der Waals surface area contributed by atoms with Crippen molar-refractivity contribution < 1.29 is 9.53 Å². The van der Waals surface area contributed by atoms with Crippen LogP contribution in [0.15, 0.2) is 29.2 Å². The van der Waals surface area contributed by atoms with Crippen LogP contribution in [0.2, 0.25) is 0 Å². The largest absolute Gasteiger partial charge is 0.481 e. The number of hydrogen-bond donors (Lipinski definition) is 3. The van der Waals surface area contributed by atoms with E-state index in [1.807, 2.05) is 19.9 Å². The lowest BCUT2D eigenvalue weighted by Crippen LogP contribution is -2.36. The van der Waals surface area contributed by atoms with Crippen LogP contribution < -0.4 is 20.9 Å². The van der Waals surface area contributed by atoms with Gasteiger partial charge in [-0.15, -0.1) is 0 Å². The first kappa shape index (κ1) is 16.5. The summed E-state index contributed by atoms with van der Waals surface area (Å²) in [5.41, 5.74) is 2.90. The summed E-state index contributed by atoms with van der Waals surface area (Å²) >= 11 is 0. The van der Waals surface area contributed by atoms with Gasteiger partial charge in [0.05, 0.1) is 13.7 Å². The number of carbonyl (C=O) groups excluding carboxylic acids is 1. The van der Waals surface area contributed by atoms with Crippen molar-refractivity contribution in [3.8, 4) is 5.88 Å². The first-order valence-electron chi connectivity index (χ1n) is 7.19. The Labute approximate surface area is 134 Å². The molecule has 3 N–H and O–H groups in total. The van der Waals surface area contributed by atoms with Gasteiger partial charge in [0.15, 0.2) is 0 Å². The van der Waals surface area contributed by atoms with E-state index in [1.165, 1.54) is 7.11 Å². The van der Waals surface area contributed by atoms with E-state index in [1.54, 1.807) is 18.3 Å². The lowest BCUT2D eigenvalue weighted by Gasteiger charge is -2.10. The van der Waals surface area contributed by atoms with Crippen LogP contribution in [0.5, 0.6) is 5.88 Å². The third kappa shape index (κ3) is 4.57. The van der Waals surface area contributed by atoms with Crippen LogP contribution in [0.1, 0.15) is 22.4 Å². The standard InChI is InChI=1S/C16H20N4O3/c1-10-6-11(2)20-15(21)13(10)9-19-16(22)18-8-12-4-5-17-14(7-12)23-3/h4-7H,8-9H2,1-3H3,(H,20,21)(H2,18,19,22). The van der Waals surface area contributed by atoms with Crippen molar-refractivity contribution in [2.45, 2.75) is 26.9 Å². The Morgan fingerprint density at radius 1 is 1.26 bits per heavy atom. The fourth-order valence-electron chi connectivity index (χ4n) is 2.19. The summed E-state index contributed by atoms with van der Waals surface area (Å²) < 4.78 is 5.03. The molecule has 2 rings (SSSR count). The van der Waals surface area contributed by atoms with Crippen LogP contribution in [-0.2, 0) is 13.1 Å². The molecule has 2 aromatic rings. The molecule has 7 heteroatoms. The molecule has 0 aromatic carbocycles. The minimum atomic E-state index is -0.347. The second-order valence-electron chi connectivity index (χ2n) is 5.19. The molecule has 0 fully saturated rings. The quantitative estimate of drug-likeness (QED) is 0.777. The van der Waals surface area contributed by atoms with Crippen LogP contribution in [0.25, 0.3) is 0 Å². The van der Waals surface area contributed by atoms with E-state index in [4.69, 9.17) is 4.74 Å². The molecule has 0 atom stereocenters. The van der Waals surface area contributed by atoms with Crippen molar-refractivity contribution in [2.24, 2.45) is 0 Å². The van der Waals surface area contributed by atoms with Gasteiger partial charge in [-0.1, -0.05) is 0 Å². The highest BCUT2D eigenvalue weighted by atomic mass is 16.5. The van der Waals surface area contributed by atoms with Gasteiger partial charge >= 0.3 is 6.03 Å². The Morgan fingerprint density at radius 3 is 2.70 bits per heavy atom. The zero-order chi connectivity index (χ0) is 16.8. The van der Waals surface area contributed by atoms with Gasteiger partial charge in [-0.05, 0) is 37.1 Å². The number of rotatable bonds is 5. The first-order chi connectivity index (χ1) is 11.0. The van der Waals surface area contributed by atoms with E-state index in [-0.39, 0.29) is 18.1 Å². The van der Waals surface area contributed by atoms with E-state index in [0.29, 0.717) is 18.0 Å². The first-order valence-corrected chi connectivity index (χ1v) is 7.19. The third-order valence-electron chi connectivity index (χ3n) is 3.38. The summed E-state index contributed by atoms with van der Waals surface area (Å²) in [6.45, 7) is 4.18. The SMILES string of the molecule is COc1cc(CNC(=O)NCc2c(C)cc(C)[nH]c2=O)ccn1. The number of aryl methyl sites for hydroxylation is 2. The molecule has 2 aromatic heterocycles. The highest BCUT2D eigenvalue weighted by Crippen LogP contribution is 2.08. The monoisotopic (exact) mass is 316 g/mol. The molecule has 23 heavy (non-hydrogen) atoms. The van der Waals surface area contributed by atoms with E-state index in [2.05, 4.69) is 20.6 Å². The van der Waals surface area contributed by atoms with Gasteiger partial charge in [-0.2, -0.15) is 0 Å². The maximum Gasteiger partial charge on any atom is 0.315 e. The van der Waals surface area contributed by atoms with E-state index in [0.717, 1.165) is 16.8 Å². The molecule has 0 unspecified atom stereocenters. The number of ether oxygens (including phenoxy) is 1.